The van der Waals surface area contributed by atoms with Gasteiger partial charge in [0, 0.05) is 35.5 Å². The van der Waals surface area contributed by atoms with Crippen molar-refractivity contribution in [3.8, 4) is 0 Å². The molecule has 0 radical (unpaired) electrons. The fourth-order valence-electron chi connectivity index (χ4n) is 2.20. The first kappa shape index (κ1) is 12.4. The highest BCUT2D eigenvalue weighted by Crippen LogP contribution is 2.17. The highest BCUT2D eigenvalue weighted by molar-refractivity contribution is 5.84. The smallest absolute Gasteiger partial charge is 0.226 e. The Hall–Kier alpha value is -2.62. The number of aromatic amines is 1. The Morgan fingerprint density at radius 1 is 1.15 bits per heavy atom. The van der Waals surface area contributed by atoms with E-state index >= 15 is 0 Å². The van der Waals surface area contributed by atoms with Crippen molar-refractivity contribution in [1.82, 2.24) is 15.3 Å². The van der Waals surface area contributed by atoms with Gasteiger partial charge in [-0.3, -0.25) is 9.78 Å². The minimum absolute atomic E-state index is 0.0195. The molecule has 0 aliphatic rings. The third-order valence-electron chi connectivity index (χ3n) is 3.22. The fourth-order valence-corrected chi connectivity index (χ4v) is 2.20. The van der Waals surface area contributed by atoms with Crippen LogP contribution in [0, 0.1) is 0 Å². The summed E-state index contributed by atoms with van der Waals surface area (Å²) in [5, 5.41) is 4.07. The summed E-state index contributed by atoms with van der Waals surface area (Å²) in [5.74, 6) is -0.0195. The molecule has 3 rings (SSSR count). The zero-order chi connectivity index (χ0) is 13.8. The molecule has 2 aromatic heterocycles. The second kappa shape index (κ2) is 5.57. The second-order valence-electron chi connectivity index (χ2n) is 4.63. The van der Waals surface area contributed by atoms with Crippen LogP contribution in [0.2, 0.25) is 0 Å². The first-order valence-corrected chi connectivity index (χ1v) is 6.54. The molecule has 0 spiro atoms. The molecule has 20 heavy (non-hydrogen) atoms. The van der Waals surface area contributed by atoms with E-state index in [2.05, 4.69) is 15.3 Å². The lowest BCUT2D eigenvalue weighted by Gasteiger charge is -2.04. The molecule has 4 heteroatoms. The average Bonchev–Trinajstić information content (AvgIpc) is 2.89. The predicted molar refractivity (Wildman–Crippen MR) is 78.1 cm³/mol. The van der Waals surface area contributed by atoms with Gasteiger partial charge in [-0.15, -0.1) is 0 Å². The maximum absolute atomic E-state index is 11.9. The molecule has 100 valence electrons. The van der Waals surface area contributed by atoms with E-state index in [0.29, 0.717) is 13.0 Å². The number of amides is 1. The fraction of sp³-hybridized carbons (Fsp3) is 0.125. The lowest BCUT2D eigenvalue weighted by atomic mass is 10.2. The molecule has 0 saturated carbocycles. The monoisotopic (exact) mass is 265 g/mol. The Bertz CT molecular complexity index is 719. The topological polar surface area (TPSA) is 57.8 Å². The van der Waals surface area contributed by atoms with Crippen molar-refractivity contribution in [3.63, 3.8) is 0 Å². The Balaban J connectivity index is 1.63. The lowest BCUT2D eigenvalue weighted by Crippen LogP contribution is -2.24. The molecule has 0 aliphatic heterocycles. The van der Waals surface area contributed by atoms with Crippen molar-refractivity contribution in [2.75, 3.05) is 0 Å². The molecule has 4 nitrogen and oxygen atoms in total. The Morgan fingerprint density at radius 3 is 2.85 bits per heavy atom. The van der Waals surface area contributed by atoms with Gasteiger partial charge in [-0.05, 0) is 23.8 Å². The van der Waals surface area contributed by atoms with Crippen LogP contribution in [0.25, 0.3) is 10.9 Å². The highest BCUT2D eigenvalue weighted by Gasteiger charge is 2.06. The van der Waals surface area contributed by atoms with Gasteiger partial charge in [-0.1, -0.05) is 24.3 Å². The molecule has 2 N–H and O–H groups in total. The van der Waals surface area contributed by atoms with Gasteiger partial charge in [0.1, 0.15) is 0 Å². The van der Waals surface area contributed by atoms with E-state index in [4.69, 9.17) is 0 Å². The number of rotatable bonds is 4. The van der Waals surface area contributed by atoms with Gasteiger partial charge in [-0.25, -0.2) is 0 Å². The number of pyridine rings is 1. The number of fused-ring (bicyclic) bond motifs is 1. The molecule has 0 unspecified atom stereocenters. The number of para-hydroxylation sites is 1. The van der Waals surface area contributed by atoms with Gasteiger partial charge in [0.2, 0.25) is 5.91 Å². The minimum atomic E-state index is -0.0195. The van der Waals surface area contributed by atoms with Gasteiger partial charge < -0.3 is 10.3 Å². The van der Waals surface area contributed by atoms with Crippen LogP contribution >= 0.6 is 0 Å². The van der Waals surface area contributed by atoms with Crippen molar-refractivity contribution < 1.29 is 4.79 Å². The van der Waals surface area contributed by atoms with E-state index in [1.807, 2.05) is 48.7 Å². The number of benzene rings is 1. The predicted octanol–water partition coefficient (Wildman–Crippen LogP) is 2.42. The SMILES string of the molecule is O=C(Cc1ccccn1)NCc1c[nH]c2ccccc12. The van der Waals surface area contributed by atoms with E-state index in [1.54, 1.807) is 6.20 Å². The van der Waals surface area contributed by atoms with E-state index in [0.717, 1.165) is 22.2 Å². The number of aromatic nitrogens is 2. The first-order valence-electron chi connectivity index (χ1n) is 6.54. The van der Waals surface area contributed by atoms with Crippen LogP contribution in [0.4, 0.5) is 0 Å². The number of nitrogens with one attached hydrogen (secondary N) is 2. The summed E-state index contributed by atoms with van der Waals surface area (Å²) in [4.78, 5) is 19.2. The molecule has 0 fully saturated rings. The summed E-state index contributed by atoms with van der Waals surface area (Å²) in [5.41, 5.74) is 2.96. The molecular weight excluding hydrogens is 250 g/mol. The molecular formula is C16H15N3O. The van der Waals surface area contributed by atoms with Gasteiger partial charge in [0.15, 0.2) is 0 Å². The number of nitrogens with zero attached hydrogens (tertiary/aromatic N) is 1. The quantitative estimate of drug-likeness (QED) is 0.761. The van der Waals surface area contributed by atoms with Crippen molar-refractivity contribution in [2.24, 2.45) is 0 Å². The molecule has 2 heterocycles. The summed E-state index contributed by atoms with van der Waals surface area (Å²) in [6.07, 6.45) is 3.94. The Labute approximate surface area is 116 Å². The number of carbonyl (C=O) groups is 1. The van der Waals surface area contributed by atoms with E-state index in [-0.39, 0.29) is 5.91 Å². The lowest BCUT2D eigenvalue weighted by molar-refractivity contribution is -0.120. The van der Waals surface area contributed by atoms with Crippen LogP contribution in [0.15, 0.2) is 54.9 Å². The van der Waals surface area contributed by atoms with Crippen LogP contribution in [-0.2, 0) is 17.8 Å². The average molecular weight is 265 g/mol. The van der Waals surface area contributed by atoms with Crippen LogP contribution in [0.3, 0.4) is 0 Å². The van der Waals surface area contributed by atoms with Crippen LogP contribution in [0.1, 0.15) is 11.3 Å². The van der Waals surface area contributed by atoms with E-state index in [1.165, 1.54) is 0 Å². The maximum atomic E-state index is 11.9. The van der Waals surface area contributed by atoms with Crippen LogP contribution < -0.4 is 5.32 Å². The number of H-pyrrole nitrogens is 1. The Kier molecular flexibility index (Phi) is 3.46. The summed E-state index contributed by atoms with van der Waals surface area (Å²) < 4.78 is 0. The van der Waals surface area contributed by atoms with Crippen LogP contribution in [0.5, 0.6) is 0 Å². The summed E-state index contributed by atoms with van der Waals surface area (Å²) in [6, 6.07) is 13.6. The zero-order valence-electron chi connectivity index (χ0n) is 11.0. The van der Waals surface area contributed by atoms with Crippen molar-refractivity contribution in [3.05, 3.63) is 66.1 Å². The van der Waals surface area contributed by atoms with Gasteiger partial charge in [0.25, 0.3) is 0 Å². The molecule has 0 saturated heterocycles. The minimum Gasteiger partial charge on any atom is -0.361 e. The van der Waals surface area contributed by atoms with E-state index < -0.39 is 0 Å². The molecule has 1 aromatic carbocycles. The van der Waals surface area contributed by atoms with Crippen molar-refractivity contribution in [1.29, 1.82) is 0 Å². The van der Waals surface area contributed by atoms with Crippen molar-refractivity contribution >= 4 is 16.8 Å². The third-order valence-corrected chi connectivity index (χ3v) is 3.22. The Morgan fingerprint density at radius 2 is 2.00 bits per heavy atom. The largest absolute Gasteiger partial charge is 0.361 e. The first-order chi connectivity index (χ1) is 9.83. The van der Waals surface area contributed by atoms with Crippen molar-refractivity contribution in [2.45, 2.75) is 13.0 Å². The van der Waals surface area contributed by atoms with Gasteiger partial charge >= 0.3 is 0 Å². The molecule has 0 aliphatic carbocycles. The standard InChI is InChI=1S/C16H15N3O/c20-16(9-13-5-3-4-8-17-13)19-11-12-10-18-15-7-2-1-6-14(12)15/h1-8,10,18H,9,11H2,(H,19,20). The van der Waals surface area contributed by atoms with Crippen LogP contribution in [-0.4, -0.2) is 15.9 Å². The molecule has 0 atom stereocenters. The maximum Gasteiger partial charge on any atom is 0.226 e. The summed E-state index contributed by atoms with van der Waals surface area (Å²) >= 11 is 0. The summed E-state index contributed by atoms with van der Waals surface area (Å²) in [6.45, 7) is 0.523. The van der Waals surface area contributed by atoms with Gasteiger partial charge in [0.05, 0.1) is 6.42 Å². The normalized spacial score (nSPS) is 10.6. The molecule has 1 amide bonds. The molecule has 0 bridgehead atoms. The number of hydrogen-bond acceptors (Lipinski definition) is 2. The van der Waals surface area contributed by atoms with E-state index in [9.17, 15) is 4.79 Å². The highest BCUT2D eigenvalue weighted by atomic mass is 16.1. The third kappa shape index (κ3) is 2.69. The number of hydrogen-bond donors (Lipinski definition) is 2. The second-order valence-corrected chi connectivity index (χ2v) is 4.63. The summed E-state index contributed by atoms with van der Waals surface area (Å²) in [7, 11) is 0. The molecule has 3 aromatic rings. The van der Waals surface area contributed by atoms with Gasteiger partial charge in [-0.2, -0.15) is 0 Å². The zero-order valence-corrected chi connectivity index (χ0v) is 11.0. The number of carbonyl (C=O) groups excluding carboxylic acids is 1.